The molecule has 7 heavy (non-hydrogen) atoms. The first-order chi connectivity index (χ1) is 1.91. The van der Waals surface area contributed by atoms with Crippen molar-refractivity contribution < 1.29 is 0 Å². The molecule has 0 radical (unpaired) electrons. The Kier molecular flexibility index (Phi) is 120. The highest BCUT2D eigenvalue weighted by Gasteiger charge is 1.39. The maximum atomic E-state index is 7.26. The summed E-state index contributed by atoms with van der Waals surface area (Å²) < 4.78 is 0. The fourth-order valence-corrected chi connectivity index (χ4v) is 0. The Morgan fingerprint density at radius 1 is 0.714 bits per heavy atom. The summed E-state index contributed by atoms with van der Waals surface area (Å²) in [5.74, 6) is 0. The Balaban J connectivity index is -0.0000000150. The molecule has 0 aliphatic carbocycles. The molecule has 0 aromatic heterocycles. The number of halogens is 3. The van der Waals surface area contributed by atoms with Crippen LogP contribution in [0.2, 0.25) is 0 Å². The van der Waals surface area contributed by atoms with E-state index in [0.717, 1.165) is 0 Å². The van der Waals surface area contributed by atoms with Gasteiger partial charge >= 0.3 is 0 Å². The summed E-state index contributed by atoms with van der Waals surface area (Å²) in [6, 6.07) is 2.47. The van der Waals surface area contributed by atoms with Gasteiger partial charge in [-0.05, 0) is 0 Å². The molecule has 0 saturated heterocycles. The summed E-state index contributed by atoms with van der Waals surface area (Å²) in [7, 11) is 0. The van der Waals surface area contributed by atoms with E-state index in [2.05, 4.69) is 0 Å². The Hall–Kier alpha value is 0.420. The van der Waals surface area contributed by atoms with Crippen LogP contribution in [0.5, 0.6) is 0 Å². The molecule has 0 heterocycles. The van der Waals surface area contributed by atoms with Crippen LogP contribution < -0.4 is 0 Å². The molecule has 0 aliphatic heterocycles. The maximum absolute atomic E-state index is 7.26. The molecular weight excluding hydrogens is 292 g/mol. The third kappa shape index (κ3) is 62.2. The molecule has 0 aromatic rings. The lowest BCUT2D eigenvalue weighted by Crippen LogP contribution is -1.26. The minimum Gasteiger partial charge on any atom is -0.181 e. The zero-order chi connectivity index (χ0) is 3.41. The molecule has 42 valence electrons. The van der Waals surface area contributed by atoms with Crippen LogP contribution in [0.1, 0.15) is 0 Å². The van der Waals surface area contributed by atoms with Crippen molar-refractivity contribution in [1.29, 1.82) is 10.5 Å². The van der Waals surface area contributed by atoms with Crippen LogP contribution in [-0.2, 0) is 0 Å². The lowest BCUT2D eigenvalue weighted by Gasteiger charge is -1.16. The van der Waals surface area contributed by atoms with Crippen LogP contribution in [0.15, 0.2) is 0 Å². The number of hydrogen-bond acceptors (Lipinski definition) is 2. The van der Waals surface area contributed by atoms with Crippen molar-refractivity contribution in [3.05, 3.63) is 0 Å². The minimum absolute atomic E-state index is 0. The van der Waals surface area contributed by atoms with Crippen LogP contribution in [0.3, 0.4) is 0 Å². The molecule has 0 amide bonds. The zero-order valence-corrected chi connectivity index (χ0v) is 8.26. The molecule has 0 spiro atoms. The van der Waals surface area contributed by atoms with E-state index < -0.39 is 0 Å². The summed E-state index contributed by atoms with van der Waals surface area (Å²) >= 11 is 0. The van der Waals surface area contributed by atoms with Crippen LogP contribution >= 0.6 is 50.9 Å². The van der Waals surface area contributed by atoms with Gasteiger partial charge in [0, 0.05) is 0 Å². The van der Waals surface area contributed by atoms with Gasteiger partial charge in [-0.25, -0.2) is 0 Å². The molecule has 0 N–H and O–H groups in total. The summed E-state index contributed by atoms with van der Waals surface area (Å²) in [6.45, 7) is 0. The van der Waals surface area contributed by atoms with Crippen LogP contribution in [0.25, 0.3) is 0 Å². The SMILES string of the molecule is Br.Br.Br.N#CC#N. The molecule has 0 unspecified atom stereocenters. The van der Waals surface area contributed by atoms with Crippen molar-refractivity contribution in [2.24, 2.45) is 0 Å². The van der Waals surface area contributed by atoms with Crippen LogP contribution in [0.4, 0.5) is 0 Å². The molecule has 0 aliphatic rings. The fraction of sp³-hybridized carbons (Fsp3) is 0. The molecule has 0 fully saturated rings. The predicted octanol–water partition coefficient (Wildman–Crippen LogP) is 1.77. The Morgan fingerprint density at radius 2 is 0.857 bits per heavy atom. The van der Waals surface area contributed by atoms with Gasteiger partial charge in [-0.1, -0.05) is 0 Å². The first kappa shape index (κ1) is 26.1. The van der Waals surface area contributed by atoms with Crippen LogP contribution in [0, 0.1) is 22.7 Å². The average molecular weight is 295 g/mol. The quantitative estimate of drug-likeness (QED) is 0.683. The maximum Gasteiger partial charge on any atom is 0.181 e. The summed E-state index contributed by atoms with van der Waals surface area (Å²) in [6.07, 6.45) is 0. The average Bonchev–Trinajstić information content (AvgIpc) is 1.37. The summed E-state index contributed by atoms with van der Waals surface area (Å²) in [5.41, 5.74) is 0. The van der Waals surface area contributed by atoms with Crippen molar-refractivity contribution in [2.45, 2.75) is 0 Å². The van der Waals surface area contributed by atoms with E-state index in [9.17, 15) is 0 Å². The van der Waals surface area contributed by atoms with Crippen molar-refractivity contribution in [2.75, 3.05) is 0 Å². The lowest BCUT2D eigenvalue weighted by molar-refractivity contribution is 1.49. The van der Waals surface area contributed by atoms with Crippen molar-refractivity contribution in [3.63, 3.8) is 0 Å². The highest BCUT2D eigenvalue weighted by atomic mass is 79.9. The molecule has 2 nitrogen and oxygen atoms in total. The van der Waals surface area contributed by atoms with Gasteiger partial charge in [-0.3, -0.25) is 0 Å². The van der Waals surface area contributed by atoms with E-state index in [1.165, 1.54) is 12.1 Å². The van der Waals surface area contributed by atoms with E-state index in [1.54, 1.807) is 0 Å². The van der Waals surface area contributed by atoms with Gasteiger partial charge in [-0.2, -0.15) is 10.5 Å². The molecule has 0 aromatic carbocycles. The minimum atomic E-state index is 0. The number of nitrogens with zero attached hydrogens (tertiary/aromatic N) is 2. The molecule has 0 bridgehead atoms. The van der Waals surface area contributed by atoms with Gasteiger partial charge in [0.2, 0.25) is 0 Å². The van der Waals surface area contributed by atoms with E-state index >= 15 is 0 Å². The second kappa shape index (κ2) is 32.2. The third-order valence-electron chi connectivity index (χ3n) is 0.0500. The number of hydrogen-bond donors (Lipinski definition) is 0. The van der Waals surface area contributed by atoms with Crippen molar-refractivity contribution >= 4 is 50.9 Å². The topological polar surface area (TPSA) is 47.6 Å². The Bertz CT molecular complexity index is 65.9. The van der Waals surface area contributed by atoms with Gasteiger partial charge < -0.3 is 0 Å². The Labute approximate surface area is 73.4 Å². The van der Waals surface area contributed by atoms with Gasteiger partial charge in [0.25, 0.3) is 0 Å². The highest BCUT2D eigenvalue weighted by molar-refractivity contribution is 8.93. The summed E-state index contributed by atoms with van der Waals surface area (Å²) in [5, 5.41) is 14.5. The molecule has 0 atom stereocenters. The van der Waals surface area contributed by atoms with E-state index in [1.807, 2.05) is 0 Å². The van der Waals surface area contributed by atoms with Crippen molar-refractivity contribution in [3.8, 4) is 12.1 Å². The van der Waals surface area contributed by atoms with Crippen molar-refractivity contribution in [1.82, 2.24) is 0 Å². The monoisotopic (exact) mass is 292 g/mol. The summed E-state index contributed by atoms with van der Waals surface area (Å²) in [4.78, 5) is 0. The van der Waals surface area contributed by atoms with Crippen LogP contribution in [-0.4, -0.2) is 0 Å². The van der Waals surface area contributed by atoms with E-state index in [-0.39, 0.29) is 50.9 Å². The number of nitriles is 2. The largest absolute Gasteiger partial charge is 0.181 e. The fourth-order valence-electron chi connectivity index (χ4n) is 0. The second-order valence-electron chi connectivity index (χ2n) is 0.224. The Morgan fingerprint density at radius 3 is 0.857 bits per heavy atom. The highest BCUT2D eigenvalue weighted by Crippen LogP contribution is 1.27. The van der Waals surface area contributed by atoms with Gasteiger partial charge in [0.05, 0.1) is 0 Å². The normalized spacial score (nSPS) is 1.43. The predicted molar refractivity (Wildman–Crippen MR) is 42.2 cm³/mol. The van der Waals surface area contributed by atoms with Gasteiger partial charge in [-0.15, -0.1) is 50.9 Å². The first-order valence-electron chi connectivity index (χ1n) is 0.697. The molecule has 5 heteroatoms. The molecule has 0 saturated carbocycles. The lowest BCUT2D eigenvalue weighted by atomic mass is 10.9. The first-order valence-corrected chi connectivity index (χ1v) is 0.697. The smallest absolute Gasteiger partial charge is 0.181 e. The zero-order valence-electron chi connectivity index (χ0n) is 3.12. The van der Waals surface area contributed by atoms with Gasteiger partial charge in [0.15, 0.2) is 12.1 Å². The standard InChI is InChI=1S/C2N2.3BrH/c3-1-2-4;;;/h;3*1H. The number of rotatable bonds is 0. The third-order valence-corrected chi connectivity index (χ3v) is 0.0500. The second-order valence-corrected chi connectivity index (χ2v) is 0.224. The van der Waals surface area contributed by atoms with E-state index in [0.29, 0.717) is 0 Å². The molecule has 0 rings (SSSR count). The molecular formula is C2H3Br3N2. The van der Waals surface area contributed by atoms with Gasteiger partial charge in [0.1, 0.15) is 0 Å². The van der Waals surface area contributed by atoms with E-state index in [4.69, 9.17) is 10.5 Å².